The van der Waals surface area contributed by atoms with Crippen molar-refractivity contribution < 1.29 is 0 Å². The molecule has 3 unspecified atom stereocenters. The van der Waals surface area contributed by atoms with E-state index in [1.54, 1.807) is 0 Å². The van der Waals surface area contributed by atoms with Crippen molar-refractivity contribution >= 4 is 0 Å². The topological polar surface area (TPSA) is 26.0 Å². The molecule has 2 aromatic rings. The third-order valence-electron chi connectivity index (χ3n) is 4.46. The second kappa shape index (κ2) is 7.42. The Labute approximate surface area is 129 Å². The van der Waals surface area contributed by atoms with Gasteiger partial charge in [0.2, 0.25) is 0 Å². The van der Waals surface area contributed by atoms with Crippen molar-refractivity contribution in [3.63, 3.8) is 0 Å². The van der Waals surface area contributed by atoms with E-state index in [-0.39, 0.29) is 6.04 Å². The van der Waals surface area contributed by atoms with Gasteiger partial charge in [0, 0.05) is 12.0 Å². The minimum Gasteiger partial charge on any atom is -0.327 e. The molecule has 2 rings (SSSR count). The van der Waals surface area contributed by atoms with E-state index in [1.165, 1.54) is 16.7 Å². The van der Waals surface area contributed by atoms with E-state index in [4.69, 9.17) is 5.73 Å². The van der Waals surface area contributed by atoms with Crippen molar-refractivity contribution in [2.75, 3.05) is 0 Å². The Morgan fingerprint density at radius 3 is 2.33 bits per heavy atom. The Morgan fingerprint density at radius 2 is 1.71 bits per heavy atom. The zero-order valence-electron chi connectivity index (χ0n) is 13.4. The summed E-state index contributed by atoms with van der Waals surface area (Å²) >= 11 is 0. The maximum absolute atomic E-state index is 6.61. The highest BCUT2D eigenvalue weighted by molar-refractivity contribution is 5.26. The van der Waals surface area contributed by atoms with Gasteiger partial charge in [-0.15, -0.1) is 0 Å². The molecule has 1 nitrogen and oxygen atoms in total. The lowest BCUT2D eigenvalue weighted by molar-refractivity contribution is 0.380. The van der Waals surface area contributed by atoms with Crippen molar-refractivity contribution in [3.05, 3.63) is 71.3 Å². The van der Waals surface area contributed by atoms with E-state index in [2.05, 4.69) is 75.4 Å². The monoisotopic (exact) mass is 281 g/mol. The molecule has 0 amide bonds. The lowest BCUT2D eigenvalue weighted by Gasteiger charge is -2.29. The standard InChI is InChI=1S/C20H27N/c1-4-16(3)20(18-11-6-5-7-12-18)19(21)14-17-10-8-9-15(2)13-17/h5-13,16,19-20H,4,14,21H2,1-3H3. The maximum Gasteiger partial charge on any atom is 0.0151 e. The molecule has 0 saturated heterocycles. The van der Waals surface area contributed by atoms with Gasteiger partial charge >= 0.3 is 0 Å². The van der Waals surface area contributed by atoms with Gasteiger partial charge in [-0.2, -0.15) is 0 Å². The Hall–Kier alpha value is -1.60. The molecule has 112 valence electrons. The smallest absolute Gasteiger partial charge is 0.0151 e. The molecule has 0 aromatic heterocycles. The van der Waals surface area contributed by atoms with Crippen LogP contribution in [0.2, 0.25) is 0 Å². The van der Waals surface area contributed by atoms with Gasteiger partial charge < -0.3 is 5.73 Å². The van der Waals surface area contributed by atoms with Crippen molar-refractivity contribution in [1.82, 2.24) is 0 Å². The molecule has 0 heterocycles. The highest BCUT2D eigenvalue weighted by Crippen LogP contribution is 2.30. The van der Waals surface area contributed by atoms with Gasteiger partial charge in [0.05, 0.1) is 0 Å². The largest absolute Gasteiger partial charge is 0.327 e. The van der Waals surface area contributed by atoms with Crippen LogP contribution in [0.4, 0.5) is 0 Å². The first-order valence-electron chi connectivity index (χ1n) is 7.98. The van der Waals surface area contributed by atoms with Crippen LogP contribution in [0.5, 0.6) is 0 Å². The highest BCUT2D eigenvalue weighted by atomic mass is 14.7. The fraction of sp³-hybridized carbons (Fsp3) is 0.400. The quantitative estimate of drug-likeness (QED) is 0.816. The molecule has 0 radical (unpaired) electrons. The minimum atomic E-state index is 0.157. The van der Waals surface area contributed by atoms with Crippen LogP contribution < -0.4 is 5.73 Å². The molecule has 0 aliphatic carbocycles. The number of nitrogens with two attached hydrogens (primary N) is 1. The number of hydrogen-bond acceptors (Lipinski definition) is 1. The molecule has 0 aliphatic heterocycles. The summed E-state index contributed by atoms with van der Waals surface area (Å²) in [4.78, 5) is 0. The molecule has 2 N–H and O–H groups in total. The van der Waals surface area contributed by atoms with Gasteiger partial charge in [0.25, 0.3) is 0 Å². The first kappa shape index (κ1) is 15.8. The summed E-state index contributed by atoms with van der Waals surface area (Å²) in [5.74, 6) is 1.00. The fourth-order valence-electron chi connectivity index (χ4n) is 3.17. The predicted octanol–water partition coefficient (Wildman–Crippen LogP) is 4.69. The summed E-state index contributed by atoms with van der Waals surface area (Å²) in [6.07, 6.45) is 2.09. The van der Waals surface area contributed by atoms with E-state index in [0.717, 1.165) is 12.8 Å². The zero-order chi connectivity index (χ0) is 15.2. The van der Waals surface area contributed by atoms with Gasteiger partial charge in [-0.3, -0.25) is 0 Å². The normalized spacial score (nSPS) is 15.4. The second-order valence-electron chi connectivity index (χ2n) is 6.18. The van der Waals surface area contributed by atoms with Crippen molar-refractivity contribution in [3.8, 4) is 0 Å². The second-order valence-corrected chi connectivity index (χ2v) is 6.18. The fourth-order valence-corrected chi connectivity index (χ4v) is 3.17. The van der Waals surface area contributed by atoms with Crippen molar-refractivity contribution in [2.45, 2.75) is 45.6 Å². The molecule has 0 fully saturated rings. The third-order valence-corrected chi connectivity index (χ3v) is 4.46. The average Bonchev–Trinajstić information content (AvgIpc) is 2.48. The first-order chi connectivity index (χ1) is 10.1. The molecule has 1 heteroatoms. The van der Waals surface area contributed by atoms with E-state index in [9.17, 15) is 0 Å². The summed E-state index contributed by atoms with van der Waals surface area (Å²) < 4.78 is 0. The molecule has 0 bridgehead atoms. The first-order valence-corrected chi connectivity index (χ1v) is 7.98. The van der Waals surface area contributed by atoms with Crippen LogP contribution in [0.15, 0.2) is 54.6 Å². The lowest BCUT2D eigenvalue weighted by Crippen LogP contribution is -2.34. The molecule has 2 aromatic carbocycles. The summed E-state index contributed by atoms with van der Waals surface area (Å²) in [6, 6.07) is 19.6. The maximum atomic E-state index is 6.61. The number of hydrogen-bond donors (Lipinski definition) is 1. The summed E-state index contributed by atoms with van der Waals surface area (Å²) in [5, 5.41) is 0. The van der Waals surface area contributed by atoms with E-state index in [0.29, 0.717) is 11.8 Å². The molecule has 0 spiro atoms. The SMILES string of the molecule is CCC(C)C(c1ccccc1)C(N)Cc1cccc(C)c1. The highest BCUT2D eigenvalue weighted by Gasteiger charge is 2.24. The molecule has 0 saturated carbocycles. The molecular formula is C20H27N. The van der Waals surface area contributed by atoms with Crippen LogP contribution in [-0.2, 0) is 6.42 Å². The summed E-state index contributed by atoms with van der Waals surface area (Å²) in [7, 11) is 0. The van der Waals surface area contributed by atoms with Crippen LogP contribution >= 0.6 is 0 Å². The van der Waals surface area contributed by atoms with Crippen LogP contribution in [0.25, 0.3) is 0 Å². The van der Waals surface area contributed by atoms with Gasteiger partial charge in [-0.05, 0) is 30.4 Å². The average molecular weight is 281 g/mol. The van der Waals surface area contributed by atoms with Gasteiger partial charge in [0.15, 0.2) is 0 Å². The molecule has 21 heavy (non-hydrogen) atoms. The predicted molar refractivity (Wildman–Crippen MR) is 91.5 cm³/mol. The van der Waals surface area contributed by atoms with E-state index < -0.39 is 0 Å². The van der Waals surface area contributed by atoms with Crippen LogP contribution in [-0.4, -0.2) is 6.04 Å². The number of benzene rings is 2. The Bertz CT molecular complexity index is 547. The third kappa shape index (κ3) is 4.18. The minimum absolute atomic E-state index is 0.157. The number of rotatable bonds is 6. The van der Waals surface area contributed by atoms with Crippen LogP contribution in [0, 0.1) is 12.8 Å². The van der Waals surface area contributed by atoms with Gasteiger partial charge in [-0.1, -0.05) is 80.4 Å². The van der Waals surface area contributed by atoms with Crippen molar-refractivity contribution in [2.24, 2.45) is 11.7 Å². The lowest BCUT2D eigenvalue weighted by atomic mass is 9.78. The van der Waals surface area contributed by atoms with Crippen LogP contribution in [0.1, 0.15) is 42.9 Å². The molecular weight excluding hydrogens is 254 g/mol. The van der Waals surface area contributed by atoms with Crippen molar-refractivity contribution in [1.29, 1.82) is 0 Å². The zero-order valence-corrected chi connectivity index (χ0v) is 13.4. The Balaban J connectivity index is 2.20. The van der Waals surface area contributed by atoms with E-state index in [1.807, 2.05) is 0 Å². The number of aryl methyl sites for hydroxylation is 1. The van der Waals surface area contributed by atoms with Gasteiger partial charge in [-0.25, -0.2) is 0 Å². The summed E-state index contributed by atoms with van der Waals surface area (Å²) in [5.41, 5.74) is 10.6. The van der Waals surface area contributed by atoms with E-state index >= 15 is 0 Å². The Kier molecular flexibility index (Phi) is 5.58. The van der Waals surface area contributed by atoms with Gasteiger partial charge in [0.1, 0.15) is 0 Å². The Morgan fingerprint density at radius 1 is 1.00 bits per heavy atom. The van der Waals surface area contributed by atoms with Crippen LogP contribution in [0.3, 0.4) is 0 Å². The summed E-state index contributed by atoms with van der Waals surface area (Å²) in [6.45, 7) is 6.70. The molecule has 3 atom stereocenters. The molecule has 0 aliphatic rings.